The lowest BCUT2D eigenvalue weighted by atomic mass is 9.86. The van der Waals surface area contributed by atoms with Crippen LogP contribution in [0, 0.1) is 0 Å². The Morgan fingerprint density at radius 2 is 2.20 bits per heavy atom. The van der Waals surface area contributed by atoms with Crippen LogP contribution < -0.4 is 10.0 Å². The van der Waals surface area contributed by atoms with E-state index in [4.69, 9.17) is 23.2 Å². The minimum Gasteiger partial charge on any atom is -0.508 e. The van der Waals surface area contributed by atoms with Crippen molar-refractivity contribution in [3.63, 3.8) is 0 Å². The zero-order valence-electron chi connectivity index (χ0n) is 13.4. The van der Waals surface area contributed by atoms with E-state index in [0.29, 0.717) is 27.0 Å². The van der Waals surface area contributed by atoms with Crippen LogP contribution in [0.1, 0.15) is 24.3 Å². The molecular weight excluding hydrogens is 381 g/mol. The lowest BCUT2D eigenvalue weighted by Crippen LogP contribution is -2.44. The van der Waals surface area contributed by atoms with Crippen LogP contribution in [-0.4, -0.2) is 33.4 Å². The molecule has 5 nitrogen and oxygen atoms in total. The van der Waals surface area contributed by atoms with Crippen molar-refractivity contribution in [1.29, 1.82) is 0 Å². The van der Waals surface area contributed by atoms with Gasteiger partial charge >= 0.3 is 0 Å². The van der Waals surface area contributed by atoms with E-state index in [-0.39, 0.29) is 17.7 Å². The Hall–Kier alpha value is -1.18. The molecule has 1 aromatic heterocycles. The van der Waals surface area contributed by atoms with Gasteiger partial charge < -0.3 is 10.4 Å². The number of hydrogen-bond donors (Lipinski definition) is 3. The monoisotopic (exact) mass is 399 g/mol. The number of hydrogen-bond acceptors (Lipinski definition) is 4. The van der Waals surface area contributed by atoms with Crippen LogP contribution in [0.5, 0.6) is 5.75 Å². The van der Waals surface area contributed by atoms with Crippen molar-refractivity contribution in [3.05, 3.63) is 52.3 Å². The molecule has 0 aliphatic carbocycles. The lowest BCUT2D eigenvalue weighted by molar-refractivity contribution is 0.353. The van der Waals surface area contributed by atoms with Crippen LogP contribution in [0.3, 0.4) is 0 Å². The quantitative estimate of drug-likeness (QED) is 0.721. The van der Waals surface area contributed by atoms with Crippen LogP contribution in [0.25, 0.3) is 0 Å². The predicted octanol–water partition coefficient (Wildman–Crippen LogP) is 3.24. The van der Waals surface area contributed by atoms with E-state index in [1.54, 1.807) is 36.7 Å². The highest BCUT2D eigenvalue weighted by atomic mass is 35.5. The first kappa shape index (κ1) is 18.6. The number of rotatable bonds is 5. The Morgan fingerprint density at radius 1 is 1.36 bits per heavy atom. The molecule has 3 N–H and O–H groups in total. The van der Waals surface area contributed by atoms with E-state index in [1.807, 2.05) is 0 Å². The van der Waals surface area contributed by atoms with Gasteiger partial charge in [0.25, 0.3) is 0 Å². The summed E-state index contributed by atoms with van der Waals surface area (Å²) in [7, 11) is -1.30. The van der Waals surface area contributed by atoms with Crippen LogP contribution in [0.4, 0.5) is 0 Å². The van der Waals surface area contributed by atoms with Crippen LogP contribution in [0.15, 0.2) is 41.6 Å². The zero-order valence-corrected chi connectivity index (χ0v) is 15.7. The van der Waals surface area contributed by atoms with Crippen molar-refractivity contribution in [1.82, 2.24) is 15.0 Å². The Kier molecular flexibility index (Phi) is 6.30. The first-order chi connectivity index (χ1) is 12.1. The Morgan fingerprint density at radius 3 is 2.96 bits per heavy atom. The number of aromatic nitrogens is 1. The number of phenols is 1. The highest BCUT2D eigenvalue weighted by Gasteiger charge is 2.27. The molecule has 3 rings (SSSR count). The molecule has 0 spiro atoms. The molecular formula is C17H19Cl2N3O2S. The van der Waals surface area contributed by atoms with Gasteiger partial charge in [-0.05, 0) is 49.6 Å². The Bertz CT molecular complexity index is 761. The summed E-state index contributed by atoms with van der Waals surface area (Å²) in [6.45, 7) is 1.33. The number of piperidine rings is 1. The highest BCUT2D eigenvalue weighted by Crippen LogP contribution is 2.41. The summed E-state index contributed by atoms with van der Waals surface area (Å²) >= 11 is 12.4. The second-order valence-electron chi connectivity index (χ2n) is 5.97. The standard InChI is InChI=1S/C17H19Cl2N3O2S/c18-14-3-4-15(23)16(17(14)19)11-5-7-21-12(8-11)9-22-25(24)13-2-1-6-20-10-13/h1-4,6,10-12,21-23H,5,7-9H2. The third-order valence-corrected chi connectivity index (χ3v) is 6.24. The van der Waals surface area contributed by atoms with Crippen molar-refractivity contribution >= 4 is 34.2 Å². The number of pyridine rings is 1. The average Bonchev–Trinajstić information content (AvgIpc) is 2.64. The van der Waals surface area contributed by atoms with Gasteiger partial charge in [0.2, 0.25) is 0 Å². The molecule has 0 saturated carbocycles. The second kappa shape index (κ2) is 8.47. The third-order valence-electron chi connectivity index (χ3n) is 4.32. The smallest absolute Gasteiger partial charge is 0.126 e. The van der Waals surface area contributed by atoms with Gasteiger partial charge in [0.15, 0.2) is 0 Å². The molecule has 8 heteroatoms. The van der Waals surface area contributed by atoms with E-state index in [0.717, 1.165) is 19.4 Å². The minimum atomic E-state index is -1.30. The number of benzene rings is 1. The fraction of sp³-hybridized carbons (Fsp3) is 0.353. The second-order valence-corrected chi connectivity index (χ2v) is 8.06. The normalized spacial score (nSPS) is 21.8. The van der Waals surface area contributed by atoms with Crippen LogP contribution in [-0.2, 0) is 11.0 Å². The minimum absolute atomic E-state index is 0.103. The molecule has 2 aromatic rings. The highest BCUT2D eigenvalue weighted by molar-refractivity contribution is 7.83. The van der Waals surface area contributed by atoms with Gasteiger partial charge in [-0.3, -0.25) is 4.98 Å². The molecule has 2 heterocycles. The maximum Gasteiger partial charge on any atom is 0.126 e. The van der Waals surface area contributed by atoms with Gasteiger partial charge in [-0.2, -0.15) is 0 Å². The third kappa shape index (κ3) is 4.51. The Labute approximate surface area is 159 Å². The molecule has 3 atom stereocenters. The number of halogens is 2. The van der Waals surface area contributed by atoms with E-state index in [9.17, 15) is 9.32 Å². The molecule has 0 bridgehead atoms. The van der Waals surface area contributed by atoms with Crippen molar-refractivity contribution in [3.8, 4) is 5.75 Å². The Balaban J connectivity index is 1.64. The van der Waals surface area contributed by atoms with Crippen molar-refractivity contribution in [2.75, 3.05) is 13.1 Å². The zero-order chi connectivity index (χ0) is 17.8. The first-order valence-corrected chi connectivity index (χ1v) is 9.92. The van der Waals surface area contributed by atoms with Crippen LogP contribution >= 0.6 is 23.2 Å². The topological polar surface area (TPSA) is 74.2 Å². The molecule has 0 amide bonds. The summed E-state index contributed by atoms with van der Waals surface area (Å²) in [4.78, 5) is 4.62. The molecule has 1 fully saturated rings. The number of phenolic OH excluding ortho intramolecular Hbond substituents is 1. The molecule has 3 unspecified atom stereocenters. The van der Waals surface area contributed by atoms with Gasteiger partial charge in [-0.15, -0.1) is 0 Å². The van der Waals surface area contributed by atoms with Gasteiger partial charge in [0.05, 0.1) is 14.9 Å². The molecule has 25 heavy (non-hydrogen) atoms. The van der Waals surface area contributed by atoms with Crippen molar-refractivity contribution < 1.29 is 9.32 Å². The summed E-state index contributed by atoms with van der Waals surface area (Å²) in [6, 6.07) is 6.83. The van der Waals surface area contributed by atoms with Crippen LogP contribution in [0.2, 0.25) is 10.0 Å². The van der Waals surface area contributed by atoms with E-state index in [1.165, 1.54) is 0 Å². The van der Waals surface area contributed by atoms with E-state index < -0.39 is 11.0 Å². The SMILES string of the molecule is O=S(NCC1CC(c2c(O)ccc(Cl)c2Cl)CCN1)c1cccnc1. The van der Waals surface area contributed by atoms with Crippen molar-refractivity contribution in [2.45, 2.75) is 29.7 Å². The van der Waals surface area contributed by atoms with Gasteiger partial charge in [0, 0.05) is 30.5 Å². The number of nitrogens with zero attached hydrogens (tertiary/aromatic N) is 1. The molecule has 134 valence electrons. The fourth-order valence-corrected chi connectivity index (χ4v) is 4.44. The van der Waals surface area contributed by atoms with Crippen molar-refractivity contribution in [2.24, 2.45) is 0 Å². The molecule has 1 saturated heterocycles. The fourth-order valence-electron chi connectivity index (χ4n) is 3.08. The number of nitrogens with one attached hydrogen (secondary N) is 2. The van der Waals surface area contributed by atoms with Gasteiger partial charge in [-0.1, -0.05) is 23.2 Å². The maximum atomic E-state index is 12.2. The average molecular weight is 400 g/mol. The lowest BCUT2D eigenvalue weighted by Gasteiger charge is -2.31. The van der Waals surface area contributed by atoms with Gasteiger partial charge in [-0.25, -0.2) is 8.93 Å². The molecule has 1 aliphatic rings. The molecule has 1 aliphatic heterocycles. The maximum absolute atomic E-state index is 12.2. The van der Waals surface area contributed by atoms with E-state index >= 15 is 0 Å². The molecule has 1 aromatic carbocycles. The van der Waals surface area contributed by atoms with Gasteiger partial charge in [0.1, 0.15) is 16.7 Å². The first-order valence-electron chi connectivity index (χ1n) is 8.02. The number of aromatic hydroxyl groups is 1. The summed E-state index contributed by atoms with van der Waals surface area (Å²) in [5.74, 6) is 0.276. The predicted molar refractivity (Wildman–Crippen MR) is 101 cm³/mol. The summed E-state index contributed by atoms with van der Waals surface area (Å²) < 4.78 is 15.3. The summed E-state index contributed by atoms with van der Waals surface area (Å²) in [6.07, 6.45) is 4.86. The summed E-state index contributed by atoms with van der Waals surface area (Å²) in [5, 5.41) is 14.5. The molecule has 0 radical (unpaired) electrons. The van der Waals surface area contributed by atoms with E-state index in [2.05, 4.69) is 15.0 Å². The summed E-state index contributed by atoms with van der Waals surface area (Å²) in [5.41, 5.74) is 0.703. The largest absolute Gasteiger partial charge is 0.508 e.